The molecule has 3 rings (SSSR count). The normalized spacial score (nSPS) is 25.9. The van der Waals surface area contributed by atoms with E-state index in [1.165, 1.54) is 0 Å². The molecule has 0 radical (unpaired) electrons. The van der Waals surface area contributed by atoms with Crippen LogP contribution in [0.25, 0.3) is 0 Å². The monoisotopic (exact) mass is 289 g/mol. The van der Waals surface area contributed by atoms with Gasteiger partial charge in [-0.15, -0.1) is 5.10 Å². The largest absolute Gasteiger partial charge is 0.353 e. The molecular formula is C15H23N5O. The van der Waals surface area contributed by atoms with E-state index in [1.54, 1.807) is 6.20 Å². The average Bonchev–Trinajstić information content (AvgIpc) is 3.09. The van der Waals surface area contributed by atoms with Gasteiger partial charge in [0.25, 0.3) is 0 Å². The van der Waals surface area contributed by atoms with E-state index in [4.69, 9.17) is 0 Å². The smallest absolute Gasteiger partial charge is 0.239 e. The van der Waals surface area contributed by atoms with Crippen molar-refractivity contribution >= 4 is 11.7 Å². The van der Waals surface area contributed by atoms with Gasteiger partial charge in [0.2, 0.25) is 5.91 Å². The summed E-state index contributed by atoms with van der Waals surface area (Å²) in [4.78, 5) is 16.7. The Balaban J connectivity index is 1.64. The Morgan fingerprint density at radius 3 is 3.05 bits per heavy atom. The third kappa shape index (κ3) is 3.15. The molecule has 114 valence electrons. The Bertz CT molecular complexity index is 474. The second kappa shape index (κ2) is 6.39. The van der Waals surface area contributed by atoms with E-state index in [0.29, 0.717) is 0 Å². The molecule has 1 N–H and O–H groups in total. The molecule has 6 heteroatoms. The first-order valence-corrected chi connectivity index (χ1v) is 7.78. The molecule has 1 amide bonds. The van der Waals surface area contributed by atoms with Crippen LogP contribution in [-0.4, -0.2) is 59.8 Å². The average molecular weight is 289 g/mol. The standard InChI is InChI=1S/C15H23N5O/c1-19(15(21)13-6-2-8-16-13)12-5-4-10-20(11-12)14-7-3-9-17-18-14/h3,7,9,12-13,16H,2,4-6,8,10-11H2,1H3. The molecule has 0 bridgehead atoms. The first-order chi connectivity index (χ1) is 10.3. The molecule has 2 saturated heterocycles. The summed E-state index contributed by atoms with van der Waals surface area (Å²) in [5.41, 5.74) is 0. The number of hydrogen-bond donors (Lipinski definition) is 1. The van der Waals surface area contributed by atoms with Gasteiger partial charge < -0.3 is 15.1 Å². The maximum Gasteiger partial charge on any atom is 0.239 e. The number of carbonyl (C=O) groups is 1. The number of rotatable bonds is 3. The van der Waals surface area contributed by atoms with Crippen molar-refractivity contribution in [1.82, 2.24) is 20.4 Å². The molecule has 2 fully saturated rings. The van der Waals surface area contributed by atoms with Crippen molar-refractivity contribution in [2.45, 2.75) is 37.8 Å². The third-order valence-electron chi connectivity index (χ3n) is 4.53. The fourth-order valence-electron chi connectivity index (χ4n) is 3.26. The summed E-state index contributed by atoms with van der Waals surface area (Å²) in [6.45, 7) is 2.78. The Morgan fingerprint density at radius 2 is 2.33 bits per heavy atom. The van der Waals surface area contributed by atoms with Crippen LogP contribution in [-0.2, 0) is 4.79 Å². The van der Waals surface area contributed by atoms with Crippen LogP contribution in [0.1, 0.15) is 25.7 Å². The fraction of sp³-hybridized carbons (Fsp3) is 0.667. The summed E-state index contributed by atoms with van der Waals surface area (Å²) in [5.74, 6) is 1.14. The summed E-state index contributed by atoms with van der Waals surface area (Å²) in [5, 5.41) is 11.4. The molecule has 1 aromatic heterocycles. The molecule has 3 heterocycles. The Hall–Kier alpha value is -1.69. The van der Waals surface area contributed by atoms with Crippen LogP contribution in [0.3, 0.4) is 0 Å². The molecule has 0 spiro atoms. The maximum absolute atomic E-state index is 12.5. The van der Waals surface area contributed by atoms with E-state index in [-0.39, 0.29) is 18.0 Å². The number of anilines is 1. The Labute approximate surface area is 125 Å². The highest BCUT2D eigenvalue weighted by Gasteiger charge is 2.31. The summed E-state index contributed by atoms with van der Waals surface area (Å²) < 4.78 is 0. The fourth-order valence-corrected chi connectivity index (χ4v) is 3.26. The van der Waals surface area contributed by atoms with Gasteiger partial charge in [-0.05, 0) is 44.4 Å². The molecule has 2 atom stereocenters. The molecule has 0 aromatic carbocycles. The number of amides is 1. The number of nitrogens with one attached hydrogen (secondary N) is 1. The molecule has 2 aliphatic rings. The lowest BCUT2D eigenvalue weighted by molar-refractivity contribution is -0.134. The number of nitrogens with zero attached hydrogens (tertiary/aromatic N) is 4. The van der Waals surface area contributed by atoms with Crippen molar-refractivity contribution < 1.29 is 4.79 Å². The van der Waals surface area contributed by atoms with E-state index in [2.05, 4.69) is 20.4 Å². The van der Waals surface area contributed by atoms with Crippen molar-refractivity contribution in [3.8, 4) is 0 Å². The van der Waals surface area contributed by atoms with Crippen LogP contribution in [0.5, 0.6) is 0 Å². The minimum absolute atomic E-state index is 0.0156. The SMILES string of the molecule is CN(C(=O)C1CCCN1)C1CCCN(c2cccnn2)C1. The van der Waals surface area contributed by atoms with Gasteiger partial charge in [0.15, 0.2) is 5.82 Å². The van der Waals surface area contributed by atoms with E-state index < -0.39 is 0 Å². The minimum atomic E-state index is 0.0156. The van der Waals surface area contributed by atoms with E-state index >= 15 is 0 Å². The highest BCUT2D eigenvalue weighted by molar-refractivity contribution is 5.82. The maximum atomic E-state index is 12.5. The van der Waals surface area contributed by atoms with E-state index in [1.807, 2.05) is 24.1 Å². The first-order valence-electron chi connectivity index (χ1n) is 7.78. The number of carbonyl (C=O) groups excluding carboxylic acids is 1. The number of aromatic nitrogens is 2. The third-order valence-corrected chi connectivity index (χ3v) is 4.53. The number of hydrogen-bond acceptors (Lipinski definition) is 5. The zero-order valence-corrected chi connectivity index (χ0v) is 12.5. The first kappa shape index (κ1) is 14.3. The van der Waals surface area contributed by atoms with Crippen molar-refractivity contribution in [3.05, 3.63) is 18.3 Å². The van der Waals surface area contributed by atoms with Crippen LogP contribution in [0.2, 0.25) is 0 Å². The van der Waals surface area contributed by atoms with E-state index in [0.717, 1.165) is 51.1 Å². The van der Waals surface area contributed by atoms with Gasteiger partial charge in [-0.25, -0.2) is 0 Å². The van der Waals surface area contributed by atoms with Crippen LogP contribution in [0, 0.1) is 0 Å². The highest BCUT2D eigenvalue weighted by Crippen LogP contribution is 2.21. The predicted molar refractivity (Wildman–Crippen MR) is 81.1 cm³/mol. The minimum Gasteiger partial charge on any atom is -0.353 e. The highest BCUT2D eigenvalue weighted by atomic mass is 16.2. The topological polar surface area (TPSA) is 61.4 Å². The number of likely N-dealkylation sites (N-methyl/N-ethyl adjacent to an activating group) is 1. The van der Waals surface area contributed by atoms with Gasteiger partial charge in [-0.2, -0.15) is 5.10 Å². The lowest BCUT2D eigenvalue weighted by Gasteiger charge is -2.38. The lowest BCUT2D eigenvalue weighted by Crippen LogP contribution is -2.52. The van der Waals surface area contributed by atoms with Gasteiger partial charge in [-0.1, -0.05) is 0 Å². The van der Waals surface area contributed by atoms with Crippen LogP contribution in [0.15, 0.2) is 18.3 Å². The van der Waals surface area contributed by atoms with E-state index in [9.17, 15) is 4.79 Å². The van der Waals surface area contributed by atoms with Gasteiger partial charge >= 0.3 is 0 Å². The van der Waals surface area contributed by atoms with Crippen LogP contribution < -0.4 is 10.2 Å². The molecule has 1 aromatic rings. The van der Waals surface area contributed by atoms with Crippen molar-refractivity contribution in [2.24, 2.45) is 0 Å². The molecule has 2 aliphatic heterocycles. The Morgan fingerprint density at radius 1 is 1.43 bits per heavy atom. The van der Waals surface area contributed by atoms with Gasteiger partial charge in [-0.3, -0.25) is 4.79 Å². The molecule has 2 unspecified atom stereocenters. The van der Waals surface area contributed by atoms with Crippen LogP contribution >= 0.6 is 0 Å². The lowest BCUT2D eigenvalue weighted by atomic mass is 10.0. The molecule has 6 nitrogen and oxygen atoms in total. The molecular weight excluding hydrogens is 266 g/mol. The van der Waals surface area contributed by atoms with Gasteiger partial charge in [0.05, 0.1) is 6.04 Å². The van der Waals surface area contributed by atoms with Crippen molar-refractivity contribution in [1.29, 1.82) is 0 Å². The second-order valence-corrected chi connectivity index (χ2v) is 5.92. The van der Waals surface area contributed by atoms with Crippen molar-refractivity contribution in [3.63, 3.8) is 0 Å². The summed E-state index contributed by atoms with van der Waals surface area (Å²) in [6.07, 6.45) is 5.89. The predicted octanol–water partition coefficient (Wildman–Crippen LogP) is 0.656. The zero-order valence-electron chi connectivity index (χ0n) is 12.5. The van der Waals surface area contributed by atoms with Gasteiger partial charge in [0.1, 0.15) is 0 Å². The number of piperidine rings is 1. The van der Waals surface area contributed by atoms with Crippen molar-refractivity contribution in [2.75, 3.05) is 31.6 Å². The Kier molecular flexibility index (Phi) is 4.34. The van der Waals surface area contributed by atoms with Crippen LogP contribution in [0.4, 0.5) is 5.82 Å². The molecule has 21 heavy (non-hydrogen) atoms. The summed E-state index contributed by atoms with van der Waals surface area (Å²) in [7, 11) is 1.94. The summed E-state index contributed by atoms with van der Waals surface area (Å²) in [6, 6.07) is 4.16. The molecule has 0 saturated carbocycles. The summed E-state index contributed by atoms with van der Waals surface area (Å²) >= 11 is 0. The second-order valence-electron chi connectivity index (χ2n) is 5.92. The van der Waals surface area contributed by atoms with Gasteiger partial charge in [0, 0.05) is 32.4 Å². The quantitative estimate of drug-likeness (QED) is 0.885. The zero-order chi connectivity index (χ0) is 14.7. The molecule has 0 aliphatic carbocycles.